The van der Waals surface area contributed by atoms with Crippen LogP contribution in [-0.4, -0.2) is 36.3 Å². The zero-order valence-corrected chi connectivity index (χ0v) is 17.9. The van der Waals surface area contributed by atoms with Gasteiger partial charge >= 0.3 is 0 Å². The van der Waals surface area contributed by atoms with Crippen molar-refractivity contribution in [3.05, 3.63) is 71.8 Å². The molecule has 2 saturated carbocycles. The predicted octanol–water partition coefficient (Wildman–Crippen LogP) is 5.79. The molecule has 3 heterocycles. The highest BCUT2D eigenvalue weighted by molar-refractivity contribution is 5.62. The molecule has 2 aliphatic carbocycles. The number of fused-ring (bicyclic) bond motifs is 5. The van der Waals surface area contributed by atoms with Crippen molar-refractivity contribution < 1.29 is 0 Å². The summed E-state index contributed by atoms with van der Waals surface area (Å²) >= 11 is 0. The van der Waals surface area contributed by atoms with Crippen LogP contribution in [0.1, 0.15) is 55.6 Å². The Balaban J connectivity index is 1.36. The fourth-order valence-electron chi connectivity index (χ4n) is 7.27. The molecule has 5 atom stereocenters. The van der Waals surface area contributed by atoms with Gasteiger partial charge in [-0.05, 0) is 80.0 Å². The van der Waals surface area contributed by atoms with Crippen molar-refractivity contribution in [1.82, 2.24) is 4.90 Å². The van der Waals surface area contributed by atoms with E-state index < -0.39 is 0 Å². The summed E-state index contributed by atoms with van der Waals surface area (Å²) in [7, 11) is 0. The van der Waals surface area contributed by atoms with Gasteiger partial charge in [0.2, 0.25) is 0 Å². The van der Waals surface area contributed by atoms with Gasteiger partial charge in [0, 0.05) is 18.2 Å². The van der Waals surface area contributed by atoms with Crippen LogP contribution in [0.3, 0.4) is 0 Å². The molecule has 0 radical (unpaired) electrons. The summed E-state index contributed by atoms with van der Waals surface area (Å²) < 4.78 is 0. The summed E-state index contributed by atoms with van der Waals surface area (Å²) in [6.45, 7) is 2.48. The molecular formula is C28H34N2. The van der Waals surface area contributed by atoms with E-state index in [0.29, 0.717) is 18.0 Å². The Morgan fingerprint density at radius 2 is 1.43 bits per heavy atom. The molecule has 3 saturated heterocycles. The van der Waals surface area contributed by atoms with Gasteiger partial charge in [-0.3, -0.25) is 9.89 Å². The summed E-state index contributed by atoms with van der Waals surface area (Å²) in [5, 5.41) is 0. The van der Waals surface area contributed by atoms with Crippen LogP contribution in [-0.2, 0) is 0 Å². The average Bonchev–Trinajstić information content (AvgIpc) is 3.44. The molecule has 156 valence electrons. The second-order valence-corrected chi connectivity index (χ2v) is 10.3. The summed E-state index contributed by atoms with van der Waals surface area (Å²) in [5.74, 6) is 3.83. The molecular weight excluding hydrogens is 364 g/mol. The molecule has 2 aromatic carbocycles. The zero-order chi connectivity index (χ0) is 19.9. The molecule has 2 nitrogen and oxygen atoms in total. The first-order valence-corrected chi connectivity index (χ1v) is 12.2. The Labute approximate surface area is 181 Å². The van der Waals surface area contributed by atoms with E-state index in [9.17, 15) is 0 Å². The summed E-state index contributed by atoms with van der Waals surface area (Å²) in [4.78, 5) is 8.22. The minimum Gasteiger partial charge on any atom is -0.297 e. The second-order valence-electron chi connectivity index (χ2n) is 10.3. The molecule has 5 unspecified atom stereocenters. The highest BCUT2D eigenvalue weighted by Gasteiger charge is 2.47. The van der Waals surface area contributed by atoms with E-state index in [-0.39, 0.29) is 0 Å². The third-order valence-electron chi connectivity index (χ3n) is 8.73. The van der Waals surface area contributed by atoms with Crippen molar-refractivity contribution >= 4 is 6.21 Å². The lowest BCUT2D eigenvalue weighted by atomic mass is 9.70. The van der Waals surface area contributed by atoms with E-state index in [1.807, 2.05) is 0 Å². The van der Waals surface area contributed by atoms with Crippen LogP contribution in [0.5, 0.6) is 0 Å². The van der Waals surface area contributed by atoms with Crippen LogP contribution >= 0.6 is 0 Å². The third-order valence-corrected chi connectivity index (χ3v) is 8.73. The fourth-order valence-corrected chi connectivity index (χ4v) is 7.27. The summed E-state index contributed by atoms with van der Waals surface area (Å²) in [6.07, 6.45) is 10.9. The maximum Gasteiger partial charge on any atom is 0.0689 e. The molecule has 5 fully saturated rings. The molecule has 7 rings (SSSR count). The Bertz CT molecular complexity index is 829. The van der Waals surface area contributed by atoms with Crippen molar-refractivity contribution in [3.8, 4) is 0 Å². The summed E-state index contributed by atoms with van der Waals surface area (Å²) in [6, 6.07) is 23.3. The van der Waals surface area contributed by atoms with Crippen molar-refractivity contribution in [2.45, 2.75) is 56.5 Å². The molecule has 2 heteroatoms. The third kappa shape index (κ3) is 3.34. The van der Waals surface area contributed by atoms with E-state index in [2.05, 4.69) is 71.8 Å². The van der Waals surface area contributed by atoms with Gasteiger partial charge in [0.05, 0.1) is 6.04 Å². The summed E-state index contributed by atoms with van der Waals surface area (Å²) in [5.41, 5.74) is 2.89. The Morgan fingerprint density at radius 1 is 0.767 bits per heavy atom. The van der Waals surface area contributed by atoms with E-state index in [4.69, 9.17) is 4.99 Å². The zero-order valence-electron chi connectivity index (χ0n) is 17.9. The first-order chi connectivity index (χ1) is 14.9. The fraction of sp³-hybridized carbons (Fsp3) is 0.536. The van der Waals surface area contributed by atoms with Crippen LogP contribution in [0.4, 0.5) is 0 Å². The number of piperidine rings is 3. The topological polar surface area (TPSA) is 15.6 Å². The normalized spacial score (nSPS) is 37.4. The van der Waals surface area contributed by atoms with Gasteiger partial charge in [-0.15, -0.1) is 0 Å². The number of aliphatic imine (C=N–C) groups is 1. The lowest BCUT2D eigenvalue weighted by molar-refractivity contribution is 0.0213. The predicted molar refractivity (Wildman–Crippen MR) is 124 cm³/mol. The Hall–Kier alpha value is -1.93. The molecule has 0 N–H and O–H groups in total. The standard InChI is InChI=1S/C28H34N2/c1-3-7-21(8-4-1)26(22-9-5-2-6-10-22)28-27(23-13-15-30(28)16-14-23)29-19-25-18-20-11-12-24(25)17-20/h1-10,19-20,23-28H,11-18H2/b29-19-. The lowest BCUT2D eigenvalue weighted by Gasteiger charge is -2.52. The van der Waals surface area contributed by atoms with Gasteiger partial charge in [0.1, 0.15) is 0 Å². The number of hydrogen-bond donors (Lipinski definition) is 0. The highest BCUT2D eigenvalue weighted by atomic mass is 15.2. The Kier molecular flexibility index (Phi) is 4.99. The maximum absolute atomic E-state index is 5.45. The number of hydrogen-bond acceptors (Lipinski definition) is 2. The van der Waals surface area contributed by atoms with Crippen LogP contribution in [0.25, 0.3) is 0 Å². The maximum atomic E-state index is 5.45. The smallest absolute Gasteiger partial charge is 0.0689 e. The molecule has 0 aromatic heterocycles. The Morgan fingerprint density at radius 3 is 2.00 bits per heavy atom. The highest BCUT2D eigenvalue weighted by Crippen LogP contribution is 2.48. The van der Waals surface area contributed by atoms with Gasteiger partial charge in [-0.2, -0.15) is 0 Å². The van der Waals surface area contributed by atoms with Crippen LogP contribution in [0.2, 0.25) is 0 Å². The number of nitrogens with zero attached hydrogens (tertiary/aromatic N) is 2. The van der Waals surface area contributed by atoms with Gasteiger partial charge in [0.25, 0.3) is 0 Å². The van der Waals surface area contributed by atoms with Crippen molar-refractivity contribution in [3.63, 3.8) is 0 Å². The largest absolute Gasteiger partial charge is 0.297 e. The quantitative estimate of drug-likeness (QED) is 0.582. The second kappa shape index (κ2) is 7.96. The van der Waals surface area contributed by atoms with Crippen LogP contribution < -0.4 is 0 Å². The number of benzene rings is 2. The van der Waals surface area contributed by atoms with Crippen LogP contribution in [0.15, 0.2) is 65.7 Å². The molecule has 2 aromatic rings. The SMILES string of the molecule is C(=N/C1C2CCN(CC2)C1C(c1ccccc1)c1ccccc1)/C1CC2CCC1C2. The molecule has 5 aliphatic rings. The minimum absolute atomic E-state index is 0.401. The molecule has 0 spiro atoms. The first kappa shape index (κ1) is 18.8. The van der Waals surface area contributed by atoms with Crippen molar-refractivity contribution in [2.24, 2.45) is 28.7 Å². The van der Waals surface area contributed by atoms with Gasteiger partial charge in [0.15, 0.2) is 0 Å². The first-order valence-electron chi connectivity index (χ1n) is 12.2. The van der Waals surface area contributed by atoms with Gasteiger partial charge < -0.3 is 0 Å². The van der Waals surface area contributed by atoms with E-state index in [0.717, 1.165) is 23.7 Å². The van der Waals surface area contributed by atoms with Gasteiger partial charge in [-0.1, -0.05) is 67.1 Å². The molecule has 4 bridgehead atoms. The lowest BCUT2D eigenvalue weighted by Crippen LogP contribution is -2.59. The van der Waals surface area contributed by atoms with Gasteiger partial charge in [-0.25, -0.2) is 0 Å². The average molecular weight is 399 g/mol. The van der Waals surface area contributed by atoms with E-state index >= 15 is 0 Å². The molecule has 30 heavy (non-hydrogen) atoms. The number of rotatable bonds is 5. The monoisotopic (exact) mass is 398 g/mol. The van der Waals surface area contributed by atoms with Crippen LogP contribution in [0, 0.1) is 23.7 Å². The van der Waals surface area contributed by atoms with Crippen molar-refractivity contribution in [1.29, 1.82) is 0 Å². The van der Waals surface area contributed by atoms with Crippen molar-refractivity contribution in [2.75, 3.05) is 13.1 Å². The molecule has 3 aliphatic heterocycles. The minimum atomic E-state index is 0.401. The molecule has 0 amide bonds. The van der Waals surface area contributed by atoms with E-state index in [1.54, 1.807) is 0 Å². The van der Waals surface area contributed by atoms with E-state index in [1.165, 1.54) is 62.7 Å².